The molecule has 3 rings (SSSR count). The highest BCUT2D eigenvalue weighted by Crippen LogP contribution is 2.48. The summed E-state index contributed by atoms with van der Waals surface area (Å²) in [5.74, 6) is 0.822. The zero-order valence-electron chi connectivity index (χ0n) is 33.1. The van der Waals surface area contributed by atoms with Gasteiger partial charge in [-0.15, -0.1) is 11.3 Å². The molecule has 1 aliphatic carbocycles. The summed E-state index contributed by atoms with van der Waals surface area (Å²) in [6, 6.07) is 4.63. The number of piperidine rings is 1. The number of likely N-dealkylation sites (tertiary alicyclic amines) is 1. The van der Waals surface area contributed by atoms with Gasteiger partial charge >= 0.3 is 0 Å². The maximum absolute atomic E-state index is 2.84. The molecule has 1 aromatic heterocycles. The molecule has 0 unspecified atom stereocenters. The first-order valence-corrected chi connectivity index (χ1v) is 20.6. The lowest BCUT2D eigenvalue weighted by Crippen LogP contribution is -2.53. The van der Waals surface area contributed by atoms with Crippen LogP contribution in [-0.4, -0.2) is 18.0 Å². The zero-order chi connectivity index (χ0) is 35.2. The van der Waals surface area contributed by atoms with Crippen molar-refractivity contribution in [1.29, 1.82) is 0 Å². The van der Waals surface area contributed by atoms with Crippen LogP contribution in [0.25, 0.3) is 0 Å². The third-order valence-corrected chi connectivity index (χ3v) is 11.6. The lowest BCUT2D eigenvalue weighted by atomic mass is 9.71. The number of allylic oxidation sites excluding steroid dienone is 12. The summed E-state index contributed by atoms with van der Waals surface area (Å²) >= 11 is 1.98. The van der Waals surface area contributed by atoms with Gasteiger partial charge in [-0.2, -0.15) is 0 Å². The largest absolute Gasteiger partial charge is 0.293 e. The van der Waals surface area contributed by atoms with Crippen LogP contribution in [0.3, 0.4) is 0 Å². The van der Waals surface area contributed by atoms with Gasteiger partial charge in [0.2, 0.25) is 0 Å². The molecule has 0 radical (unpaired) electrons. The van der Waals surface area contributed by atoms with Gasteiger partial charge in [-0.25, -0.2) is 0 Å². The third kappa shape index (κ3) is 16.7. The van der Waals surface area contributed by atoms with E-state index in [4.69, 9.17) is 0 Å². The van der Waals surface area contributed by atoms with Crippen molar-refractivity contribution in [3.63, 3.8) is 0 Å². The van der Waals surface area contributed by atoms with E-state index in [1.165, 1.54) is 156 Å². The molecule has 0 N–H and O–H groups in total. The summed E-state index contributed by atoms with van der Waals surface area (Å²) in [5.41, 5.74) is 9.35. The minimum Gasteiger partial charge on any atom is -0.293 e. The van der Waals surface area contributed by atoms with Gasteiger partial charge in [0.15, 0.2) is 0 Å². The number of unbranched alkanes of at least 4 members (excludes halogenated alkanes) is 1. The Labute approximate surface area is 303 Å². The molecule has 2 heteroatoms. The third-order valence-electron chi connectivity index (χ3n) is 10.5. The number of hydrogen-bond donors (Lipinski definition) is 0. The lowest BCUT2D eigenvalue weighted by Gasteiger charge is -2.51. The van der Waals surface area contributed by atoms with E-state index in [0.717, 1.165) is 5.92 Å². The quantitative estimate of drug-likeness (QED) is 0.117. The highest BCUT2D eigenvalue weighted by Gasteiger charge is 2.45. The summed E-state index contributed by atoms with van der Waals surface area (Å²) in [4.78, 5) is 4.48. The summed E-state index contributed by atoms with van der Waals surface area (Å²) in [6.45, 7) is 22.9. The second kappa shape index (κ2) is 24.3. The molecule has 1 aliphatic heterocycles. The zero-order valence-corrected chi connectivity index (χ0v) is 33.9. The normalized spacial score (nSPS) is 21.4. The smallest absolute Gasteiger partial charge is 0.0579 e. The summed E-state index contributed by atoms with van der Waals surface area (Å²) in [5, 5.41) is 2.27. The van der Waals surface area contributed by atoms with Crippen LogP contribution in [-0.2, 0) is 5.54 Å². The minimum absolute atomic E-state index is 0.382. The van der Waals surface area contributed by atoms with Crippen molar-refractivity contribution >= 4 is 11.3 Å². The molecule has 1 nitrogen and oxygen atoms in total. The van der Waals surface area contributed by atoms with E-state index in [-0.39, 0.29) is 0 Å². The van der Waals surface area contributed by atoms with Crippen LogP contribution in [0.5, 0.6) is 0 Å². The molecule has 1 aromatic rings. The second-order valence-electron chi connectivity index (χ2n) is 15.6. The first kappa shape index (κ1) is 42.3. The van der Waals surface area contributed by atoms with E-state index in [1.807, 2.05) is 11.3 Å². The maximum Gasteiger partial charge on any atom is 0.0579 e. The fourth-order valence-electron chi connectivity index (χ4n) is 7.48. The molecule has 0 bridgehead atoms. The first-order chi connectivity index (χ1) is 23.0. The number of hydrogen-bond acceptors (Lipinski definition) is 2. The van der Waals surface area contributed by atoms with Crippen molar-refractivity contribution in [1.82, 2.24) is 4.90 Å². The summed E-state index contributed by atoms with van der Waals surface area (Å²) in [6.07, 6.45) is 36.1. The fourth-order valence-corrected chi connectivity index (χ4v) is 8.57. The molecule has 2 heterocycles. The number of rotatable bonds is 17. The molecule has 1 saturated carbocycles. The Morgan fingerprint density at radius 1 is 0.625 bits per heavy atom. The SMILES string of the molecule is CC(C)=CCC/C(C)=C/CC/C(C)=C/CC/C=C(\C)CC/C=C(\C)CCC=C(C)C.C[C@H]1CCCC[C@@]1(c1cccs1)N1CCCCC1. The summed E-state index contributed by atoms with van der Waals surface area (Å²) < 4.78 is 0. The van der Waals surface area contributed by atoms with Gasteiger partial charge < -0.3 is 0 Å². The Bertz CT molecular complexity index is 1130. The van der Waals surface area contributed by atoms with Crippen molar-refractivity contribution in [3.8, 4) is 0 Å². The maximum atomic E-state index is 2.84. The minimum atomic E-state index is 0.382. The monoisotopic (exact) mass is 674 g/mol. The Balaban J connectivity index is 0.000000372. The van der Waals surface area contributed by atoms with Crippen LogP contribution in [0.15, 0.2) is 87.4 Å². The average Bonchev–Trinajstić information content (AvgIpc) is 3.60. The summed E-state index contributed by atoms with van der Waals surface area (Å²) in [7, 11) is 0. The van der Waals surface area contributed by atoms with Gasteiger partial charge in [-0.3, -0.25) is 4.90 Å². The molecule has 48 heavy (non-hydrogen) atoms. The topological polar surface area (TPSA) is 3.24 Å². The lowest BCUT2D eigenvalue weighted by molar-refractivity contribution is -0.00817. The Morgan fingerprint density at radius 3 is 1.50 bits per heavy atom. The van der Waals surface area contributed by atoms with Gasteiger partial charge in [0.05, 0.1) is 5.54 Å². The first-order valence-electron chi connectivity index (χ1n) is 19.7. The van der Waals surface area contributed by atoms with Gasteiger partial charge in [-0.1, -0.05) is 102 Å². The predicted octanol–water partition coefficient (Wildman–Crippen LogP) is 15.2. The van der Waals surface area contributed by atoms with Crippen molar-refractivity contribution in [2.24, 2.45) is 5.92 Å². The molecular formula is C46H75NS. The van der Waals surface area contributed by atoms with Gasteiger partial charge in [0.1, 0.15) is 0 Å². The molecule has 0 aromatic carbocycles. The van der Waals surface area contributed by atoms with Gasteiger partial charge in [0.25, 0.3) is 0 Å². The van der Waals surface area contributed by atoms with E-state index < -0.39 is 0 Å². The van der Waals surface area contributed by atoms with Crippen molar-refractivity contribution < 1.29 is 0 Å². The number of nitrogens with zero attached hydrogens (tertiary/aromatic N) is 1. The standard InChI is InChI=1S/C30H50.C16H25NS/c1-25(2)15-11-19-29(7)23-13-21-27(5)17-9-10-18-28(6)22-14-24-30(8)20-12-16-26(3)4;1-14-8-3-4-10-16(14,15-9-7-13-18-15)17-11-5-2-6-12-17/h15-18,23-24H,9-14,19-22H2,1-8H3;7,9,13-14H,2-6,8,10-12H2,1H3/b27-17+,28-18+,29-23+,30-24+;/t;14-,16+/m.0/s1. The Morgan fingerprint density at radius 2 is 1.08 bits per heavy atom. The Kier molecular flexibility index (Phi) is 21.4. The van der Waals surface area contributed by atoms with Crippen molar-refractivity contribution in [2.45, 2.75) is 177 Å². The van der Waals surface area contributed by atoms with Crippen molar-refractivity contribution in [3.05, 3.63) is 92.3 Å². The highest BCUT2D eigenvalue weighted by atomic mass is 32.1. The molecule has 0 spiro atoms. The van der Waals surface area contributed by atoms with Crippen LogP contribution in [0, 0.1) is 5.92 Å². The second-order valence-corrected chi connectivity index (χ2v) is 16.5. The molecule has 2 aliphatic rings. The predicted molar refractivity (Wildman–Crippen MR) is 219 cm³/mol. The molecule has 2 fully saturated rings. The molecule has 270 valence electrons. The van der Waals surface area contributed by atoms with E-state index in [0.29, 0.717) is 5.54 Å². The highest BCUT2D eigenvalue weighted by molar-refractivity contribution is 7.10. The fraction of sp³-hybridized carbons (Fsp3) is 0.652. The van der Waals surface area contributed by atoms with E-state index >= 15 is 0 Å². The molecule has 0 amide bonds. The number of thiophene rings is 1. The van der Waals surface area contributed by atoms with E-state index in [2.05, 4.69) is 121 Å². The van der Waals surface area contributed by atoms with Crippen LogP contribution < -0.4 is 0 Å². The van der Waals surface area contributed by atoms with Crippen LogP contribution >= 0.6 is 11.3 Å². The van der Waals surface area contributed by atoms with Crippen LogP contribution in [0.2, 0.25) is 0 Å². The van der Waals surface area contributed by atoms with Gasteiger partial charge in [0, 0.05) is 4.88 Å². The van der Waals surface area contributed by atoms with E-state index in [1.54, 1.807) is 4.88 Å². The molecule has 1 saturated heterocycles. The molecule has 2 atom stereocenters. The average molecular weight is 674 g/mol. The van der Waals surface area contributed by atoms with Gasteiger partial charge in [-0.05, 0) is 176 Å². The van der Waals surface area contributed by atoms with Crippen LogP contribution in [0.1, 0.15) is 176 Å². The van der Waals surface area contributed by atoms with Crippen molar-refractivity contribution in [2.75, 3.05) is 13.1 Å². The van der Waals surface area contributed by atoms with Crippen LogP contribution in [0.4, 0.5) is 0 Å². The molecular weight excluding hydrogens is 599 g/mol. The van der Waals surface area contributed by atoms with E-state index in [9.17, 15) is 0 Å². The Hall–Kier alpha value is -1.90.